The number of halogens is 2. The van der Waals surface area contributed by atoms with Crippen LogP contribution in [0.1, 0.15) is 5.56 Å². The quantitative estimate of drug-likeness (QED) is 0.804. The molecule has 0 amide bonds. The molecule has 0 aliphatic carbocycles. The second-order valence-electron chi connectivity index (χ2n) is 2.49. The Hall–Kier alpha value is -0.290. The Bertz CT molecular complexity index is 417. The van der Waals surface area contributed by atoms with E-state index in [0.29, 0.717) is 10.6 Å². The van der Waals surface area contributed by atoms with Crippen LogP contribution in [0, 0.1) is 6.92 Å². The van der Waals surface area contributed by atoms with Crippen LogP contribution in [0.2, 0.25) is 5.02 Å². The van der Waals surface area contributed by atoms with Gasteiger partial charge in [-0.1, -0.05) is 17.7 Å². The molecule has 1 aromatic carbocycles. The molecule has 6 heteroatoms. The lowest BCUT2D eigenvalue weighted by atomic mass is 10.2. The highest BCUT2D eigenvalue weighted by Crippen LogP contribution is 2.19. The largest absolute Gasteiger partial charge is 0.254 e. The van der Waals surface area contributed by atoms with E-state index in [1.807, 2.05) is 0 Å². The molecule has 72 valence electrons. The van der Waals surface area contributed by atoms with Gasteiger partial charge < -0.3 is 0 Å². The van der Waals surface area contributed by atoms with Crippen molar-refractivity contribution < 1.29 is 8.42 Å². The highest BCUT2D eigenvalue weighted by atomic mass is 35.5. The molecule has 0 aliphatic rings. The number of hydrogen-bond donors (Lipinski definition) is 1. The van der Waals surface area contributed by atoms with Crippen molar-refractivity contribution in [1.82, 2.24) is 4.24 Å². The maximum atomic E-state index is 11.3. The molecule has 0 saturated heterocycles. The predicted octanol–water partition coefficient (Wildman–Crippen LogP) is 2.08. The first-order chi connectivity index (χ1) is 5.97. The third kappa shape index (κ3) is 2.34. The molecule has 0 spiro atoms. The normalized spacial score (nSPS) is 11.6. The predicted molar refractivity (Wildman–Crippen MR) is 52.4 cm³/mol. The number of aryl methyl sites for hydroxylation is 1. The summed E-state index contributed by atoms with van der Waals surface area (Å²) in [4.78, 5) is 0.0926. The smallest absolute Gasteiger partial charge is 0.206 e. The lowest BCUT2D eigenvalue weighted by Gasteiger charge is -2.04. The molecule has 0 unspecified atom stereocenters. The summed E-state index contributed by atoms with van der Waals surface area (Å²) in [6.45, 7) is 1.66. The van der Waals surface area contributed by atoms with Crippen LogP contribution in [-0.2, 0) is 10.0 Å². The summed E-state index contributed by atoms with van der Waals surface area (Å²) < 4.78 is 24.3. The first kappa shape index (κ1) is 10.8. The molecular formula is C7H7Cl2NO2S. The Morgan fingerprint density at radius 3 is 2.54 bits per heavy atom. The van der Waals surface area contributed by atoms with Gasteiger partial charge in [-0.2, -0.15) is 0 Å². The highest BCUT2D eigenvalue weighted by Gasteiger charge is 2.15. The Labute approximate surface area is 86.8 Å². The van der Waals surface area contributed by atoms with Crippen LogP contribution in [0.3, 0.4) is 0 Å². The van der Waals surface area contributed by atoms with Crippen molar-refractivity contribution in [3.05, 3.63) is 28.8 Å². The fourth-order valence-electron chi connectivity index (χ4n) is 0.905. The molecular weight excluding hydrogens is 233 g/mol. The zero-order valence-electron chi connectivity index (χ0n) is 6.71. The second kappa shape index (κ2) is 3.84. The highest BCUT2D eigenvalue weighted by molar-refractivity contribution is 7.90. The Morgan fingerprint density at radius 1 is 1.38 bits per heavy atom. The zero-order chi connectivity index (χ0) is 10.1. The molecule has 1 rings (SSSR count). The minimum Gasteiger partial charge on any atom is -0.206 e. The minimum absolute atomic E-state index is 0.0926. The van der Waals surface area contributed by atoms with Crippen LogP contribution < -0.4 is 4.24 Å². The third-order valence-corrected chi connectivity index (χ3v) is 3.61. The molecule has 0 fully saturated rings. The molecule has 0 aromatic heterocycles. The number of sulfonamides is 1. The monoisotopic (exact) mass is 239 g/mol. The summed E-state index contributed by atoms with van der Waals surface area (Å²) in [5.41, 5.74) is 0.595. The lowest BCUT2D eigenvalue weighted by Crippen LogP contribution is -2.14. The van der Waals surface area contributed by atoms with Gasteiger partial charge >= 0.3 is 0 Å². The molecule has 0 heterocycles. The fourth-order valence-corrected chi connectivity index (χ4v) is 2.25. The van der Waals surface area contributed by atoms with Crippen molar-refractivity contribution >= 4 is 33.4 Å². The van der Waals surface area contributed by atoms with Gasteiger partial charge in [-0.15, -0.1) is 4.24 Å². The molecule has 0 radical (unpaired) electrons. The van der Waals surface area contributed by atoms with E-state index >= 15 is 0 Å². The standard InChI is InChI=1S/C7H7Cl2NO2S/c1-5-2-3-6(8)4-7(5)13(11,12)10-9/h2-4,10H,1H3. The van der Waals surface area contributed by atoms with Gasteiger partial charge in [-0.3, -0.25) is 0 Å². The average Bonchev–Trinajstić information content (AvgIpc) is 2.09. The van der Waals surface area contributed by atoms with Crippen LogP contribution in [0.5, 0.6) is 0 Å². The third-order valence-electron chi connectivity index (χ3n) is 1.54. The van der Waals surface area contributed by atoms with E-state index in [1.165, 1.54) is 6.07 Å². The maximum absolute atomic E-state index is 11.3. The van der Waals surface area contributed by atoms with E-state index in [4.69, 9.17) is 23.4 Å². The molecule has 0 aliphatic heterocycles. The van der Waals surface area contributed by atoms with E-state index in [1.54, 1.807) is 23.3 Å². The molecule has 1 N–H and O–H groups in total. The number of nitrogens with one attached hydrogen (secondary N) is 1. The van der Waals surface area contributed by atoms with Crippen molar-refractivity contribution in [2.45, 2.75) is 11.8 Å². The summed E-state index contributed by atoms with van der Waals surface area (Å²) in [5, 5.41) is 0.357. The number of benzene rings is 1. The van der Waals surface area contributed by atoms with Gasteiger partial charge in [0.05, 0.1) is 4.90 Å². The lowest BCUT2D eigenvalue weighted by molar-refractivity contribution is 0.593. The van der Waals surface area contributed by atoms with Gasteiger partial charge in [-0.25, -0.2) is 8.42 Å². The van der Waals surface area contributed by atoms with Gasteiger partial charge in [0.15, 0.2) is 0 Å². The van der Waals surface area contributed by atoms with Gasteiger partial charge in [0.1, 0.15) is 0 Å². The van der Waals surface area contributed by atoms with Crippen LogP contribution in [0.15, 0.2) is 23.1 Å². The summed E-state index contributed by atoms with van der Waals surface area (Å²) in [6, 6.07) is 4.58. The summed E-state index contributed by atoms with van der Waals surface area (Å²) in [7, 11) is -3.62. The topological polar surface area (TPSA) is 46.2 Å². The van der Waals surface area contributed by atoms with Crippen molar-refractivity contribution in [2.24, 2.45) is 0 Å². The van der Waals surface area contributed by atoms with Crippen LogP contribution in [-0.4, -0.2) is 8.42 Å². The summed E-state index contributed by atoms with van der Waals surface area (Å²) in [5.74, 6) is 0. The van der Waals surface area contributed by atoms with E-state index < -0.39 is 10.0 Å². The first-order valence-electron chi connectivity index (χ1n) is 3.36. The van der Waals surface area contributed by atoms with Crippen LogP contribution in [0.25, 0.3) is 0 Å². The van der Waals surface area contributed by atoms with Crippen molar-refractivity contribution in [3.63, 3.8) is 0 Å². The molecule has 1 aromatic rings. The number of hydrogen-bond acceptors (Lipinski definition) is 2. The number of rotatable bonds is 2. The molecule has 0 saturated carbocycles. The molecule has 0 atom stereocenters. The van der Waals surface area contributed by atoms with Crippen LogP contribution in [0.4, 0.5) is 0 Å². The summed E-state index contributed by atoms with van der Waals surface area (Å²) in [6.07, 6.45) is 0. The van der Waals surface area contributed by atoms with E-state index in [0.717, 1.165) is 0 Å². The van der Waals surface area contributed by atoms with E-state index in [2.05, 4.69) is 0 Å². The second-order valence-corrected chi connectivity index (χ2v) is 4.99. The van der Waals surface area contributed by atoms with E-state index in [-0.39, 0.29) is 4.90 Å². The molecule has 3 nitrogen and oxygen atoms in total. The SMILES string of the molecule is Cc1ccc(Cl)cc1S(=O)(=O)NCl. The van der Waals surface area contributed by atoms with Crippen molar-refractivity contribution in [2.75, 3.05) is 0 Å². The van der Waals surface area contributed by atoms with E-state index in [9.17, 15) is 8.42 Å². The molecule has 13 heavy (non-hydrogen) atoms. The van der Waals surface area contributed by atoms with Gasteiger partial charge in [0.2, 0.25) is 0 Å². The Balaban J connectivity index is 3.38. The Kier molecular flexibility index (Phi) is 3.18. The summed E-state index contributed by atoms with van der Waals surface area (Å²) >= 11 is 10.7. The Morgan fingerprint density at radius 2 is 2.00 bits per heavy atom. The zero-order valence-corrected chi connectivity index (χ0v) is 9.04. The van der Waals surface area contributed by atoms with Gasteiger partial charge in [-0.05, 0) is 36.4 Å². The maximum Gasteiger partial charge on any atom is 0.254 e. The van der Waals surface area contributed by atoms with Gasteiger partial charge in [0.25, 0.3) is 10.0 Å². The van der Waals surface area contributed by atoms with Crippen molar-refractivity contribution in [3.8, 4) is 0 Å². The molecule has 0 bridgehead atoms. The average molecular weight is 240 g/mol. The van der Waals surface area contributed by atoms with Crippen LogP contribution >= 0.6 is 23.4 Å². The minimum atomic E-state index is -3.62. The van der Waals surface area contributed by atoms with Gasteiger partial charge in [0, 0.05) is 5.02 Å². The van der Waals surface area contributed by atoms with Crippen molar-refractivity contribution in [1.29, 1.82) is 0 Å². The first-order valence-corrected chi connectivity index (χ1v) is 5.60. The fraction of sp³-hybridized carbons (Fsp3) is 0.143.